The van der Waals surface area contributed by atoms with Crippen molar-refractivity contribution >= 4 is 29.1 Å². The standard InChI is InChI=1S/C14H12Cl2N2O/c15-10-2-3-11(12(16)8-10)14(4-1-5-14)13(19)18-7-6-17-9-18/h2-3,6-9H,1,4-5H2. The molecule has 1 aliphatic carbocycles. The van der Waals surface area contributed by atoms with Gasteiger partial charge in [-0.05, 0) is 30.5 Å². The van der Waals surface area contributed by atoms with Crippen molar-refractivity contribution in [2.24, 2.45) is 0 Å². The minimum absolute atomic E-state index is 0.0282. The highest BCUT2D eigenvalue weighted by atomic mass is 35.5. The van der Waals surface area contributed by atoms with Crippen molar-refractivity contribution in [3.63, 3.8) is 0 Å². The molecule has 0 aliphatic heterocycles. The van der Waals surface area contributed by atoms with Crippen LogP contribution in [-0.2, 0) is 5.41 Å². The first kappa shape index (κ1) is 12.7. The molecule has 19 heavy (non-hydrogen) atoms. The SMILES string of the molecule is O=C(n1ccnc1)C1(c2ccc(Cl)cc2Cl)CCC1. The average Bonchev–Trinajstić information content (AvgIpc) is 2.83. The summed E-state index contributed by atoms with van der Waals surface area (Å²) in [6.07, 6.45) is 7.46. The molecule has 0 atom stereocenters. The first-order valence-electron chi connectivity index (χ1n) is 6.12. The second kappa shape index (κ2) is 4.66. The third-order valence-corrected chi connectivity index (χ3v) is 4.35. The Labute approximate surface area is 121 Å². The molecule has 1 fully saturated rings. The van der Waals surface area contributed by atoms with Crippen LogP contribution in [0.4, 0.5) is 0 Å². The van der Waals surface area contributed by atoms with Gasteiger partial charge < -0.3 is 0 Å². The summed E-state index contributed by atoms with van der Waals surface area (Å²) in [4.78, 5) is 16.6. The molecule has 0 N–H and O–H groups in total. The Morgan fingerprint density at radius 3 is 2.63 bits per heavy atom. The highest BCUT2D eigenvalue weighted by Crippen LogP contribution is 2.47. The molecular formula is C14H12Cl2N2O. The van der Waals surface area contributed by atoms with Gasteiger partial charge in [-0.25, -0.2) is 4.98 Å². The second-order valence-corrected chi connectivity index (χ2v) is 5.68. The number of hydrogen-bond donors (Lipinski definition) is 0. The molecule has 98 valence electrons. The highest BCUT2D eigenvalue weighted by Gasteiger charge is 2.47. The van der Waals surface area contributed by atoms with E-state index in [1.165, 1.54) is 10.9 Å². The molecule has 1 saturated carbocycles. The smallest absolute Gasteiger partial charge is 0.242 e. The predicted molar refractivity (Wildman–Crippen MR) is 74.8 cm³/mol. The Balaban J connectivity index is 2.06. The molecule has 1 aliphatic rings. The zero-order valence-corrected chi connectivity index (χ0v) is 11.7. The maximum absolute atomic E-state index is 12.7. The monoisotopic (exact) mass is 294 g/mol. The average molecular weight is 295 g/mol. The molecular weight excluding hydrogens is 283 g/mol. The van der Waals surface area contributed by atoms with Crippen molar-refractivity contribution in [1.29, 1.82) is 0 Å². The summed E-state index contributed by atoms with van der Waals surface area (Å²) in [6, 6.07) is 5.34. The molecule has 5 heteroatoms. The van der Waals surface area contributed by atoms with Crippen LogP contribution in [0, 0.1) is 0 Å². The number of hydrogen-bond acceptors (Lipinski definition) is 2. The van der Waals surface area contributed by atoms with E-state index in [2.05, 4.69) is 4.98 Å². The van der Waals surface area contributed by atoms with E-state index in [0.29, 0.717) is 10.0 Å². The molecule has 3 nitrogen and oxygen atoms in total. The number of rotatable bonds is 2. The Kier molecular flexibility index (Phi) is 3.11. The third kappa shape index (κ3) is 1.97. The van der Waals surface area contributed by atoms with Crippen molar-refractivity contribution in [2.75, 3.05) is 0 Å². The van der Waals surface area contributed by atoms with Crippen LogP contribution in [0.1, 0.15) is 29.6 Å². The van der Waals surface area contributed by atoms with E-state index >= 15 is 0 Å². The lowest BCUT2D eigenvalue weighted by Gasteiger charge is -2.41. The van der Waals surface area contributed by atoms with E-state index in [1.54, 1.807) is 24.5 Å². The number of imidazole rings is 1. The summed E-state index contributed by atoms with van der Waals surface area (Å²) in [5, 5.41) is 1.14. The van der Waals surface area contributed by atoms with Gasteiger partial charge in [0.05, 0.1) is 5.41 Å². The normalized spacial score (nSPS) is 16.9. The van der Waals surface area contributed by atoms with Crippen LogP contribution in [0.2, 0.25) is 10.0 Å². The molecule has 1 aromatic heterocycles. The van der Waals surface area contributed by atoms with Crippen LogP contribution >= 0.6 is 23.2 Å². The van der Waals surface area contributed by atoms with Gasteiger partial charge in [0.15, 0.2) is 0 Å². The topological polar surface area (TPSA) is 34.9 Å². The highest BCUT2D eigenvalue weighted by molar-refractivity contribution is 6.35. The summed E-state index contributed by atoms with van der Waals surface area (Å²) in [5.74, 6) is 0.0282. The lowest BCUT2D eigenvalue weighted by Crippen LogP contribution is -2.45. The molecule has 2 aromatic rings. The van der Waals surface area contributed by atoms with Gasteiger partial charge in [0, 0.05) is 22.4 Å². The number of aromatic nitrogens is 2. The Morgan fingerprint density at radius 1 is 1.32 bits per heavy atom. The van der Waals surface area contributed by atoms with Crippen molar-refractivity contribution in [3.8, 4) is 0 Å². The molecule has 0 amide bonds. The summed E-state index contributed by atoms with van der Waals surface area (Å²) in [5.41, 5.74) is 0.339. The van der Waals surface area contributed by atoms with Crippen LogP contribution in [0.3, 0.4) is 0 Å². The lowest BCUT2D eigenvalue weighted by atomic mass is 9.63. The van der Waals surface area contributed by atoms with Gasteiger partial charge in [-0.2, -0.15) is 0 Å². The molecule has 0 saturated heterocycles. The number of carbonyl (C=O) groups excluding carboxylic acids is 1. The van der Waals surface area contributed by atoms with Crippen LogP contribution in [0.5, 0.6) is 0 Å². The minimum Gasteiger partial charge on any atom is -0.276 e. The maximum atomic E-state index is 12.7. The molecule has 1 aromatic carbocycles. The summed E-state index contributed by atoms with van der Waals surface area (Å²) < 4.78 is 1.53. The number of halogens is 2. The predicted octanol–water partition coefficient (Wildman–Crippen LogP) is 3.95. The zero-order valence-electron chi connectivity index (χ0n) is 10.1. The summed E-state index contributed by atoms with van der Waals surface area (Å²) in [6.45, 7) is 0. The quantitative estimate of drug-likeness (QED) is 0.840. The van der Waals surface area contributed by atoms with Crippen molar-refractivity contribution in [1.82, 2.24) is 9.55 Å². The zero-order chi connectivity index (χ0) is 13.5. The van der Waals surface area contributed by atoms with Crippen LogP contribution in [0.15, 0.2) is 36.9 Å². The first-order valence-corrected chi connectivity index (χ1v) is 6.87. The molecule has 3 rings (SSSR count). The largest absolute Gasteiger partial charge is 0.276 e. The van der Waals surface area contributed by atoms with Gasteiger partial charge in [0.2, 0.25) is 5.91 Å². The van der Waals surface area contributed by atoms with Gasteiger partial charge in [-0.15, -0.1) is 0 Å². The van der Waals surface area contributed by atoms with Gasteiger partial charge in [0.1, 0.15) is 6.33 Å². The lowest BCUT2D eigenvalue weighted by molar-refractivity contribution is 0.0694. The Hall–Kier alpha value is -1.32. The van der Waals surface area contributed by atoms with E-state index in [9.17, 15) is 4.79 Å². The van der Waals surface area contributed by atoms with Gasteiger partial charge in [0.25, 0.3) is 0 Å². The number of carbonyl (C=O) groups is 1. The molecule has 1 heterocycles. The van der Waals surface area contributed by atoms with Crippen LogP contribution in [0.25, 0.3) is 0 Å². The van der Waals surface area contributed by atoms with Crippen LogP contribution < -0.4 is 0 Å². The summed E-state index contributed by atoms with van der Waals surface area (Å²) >= 11 is 12.2. The number of nitrogens with zero attached hydrogens (tertiary/aromatic N) is 2. The maximum Gasteiger partial charge on any atom is 0.242 e. The third-order valence-electron chi connectivity index (χ3n) is 3.80. The van der Waals surface area contributed by atoms with Crippen LogP contribution in [-0.4, -0.2) is 15.5 Å². The second-order valence-electron chi connectivity index (χ2n) is 4.83. The van der Waals surface area contributed by atoms with Gasteiger partial charge >= 0.3 is 0 Å². The van der Waals surface area contributed by atoms with E-state index in [1.807, 2.05) is 6.07 Å². The molecule has 0 spiro atoms. The van der Waals surface area contributed by atoms with Crippen molar-refractivity contribution < 1.29 is 4.79 Å². The Morgan fingerprint density at radius 2 is 2.11 bits per heavy atom. The van der Waals surface area contributed by atoms with E-state index < -0.39 is 5.41 Å². The molecule has 0 bridgehead atoms. The first-order chi connectivity index (χ1) is 9.13. The fourth-order valence-electron chi connectivity index (χ4n) is 2.63. The fourth-order valence-corrected chi connectivity index (χ4v) is 3.22. The van der Waals surface area contributed by atoms with Gasteiger partial charge in [-0.3, -0.25) is 9.36 Å². The Bertz CT molecular complexity index is 618. The number of benzene rings is 1. The van der Waals surface area contributed by atoms with E-state index in [0.717, 1.165) is 24.8 Å². The fraction of sp³-hybridized carbons (Fsp3) is 0.286. The van der Waals surface area contributed by atoms with E-state index in [4.69, 9.17) is 23.2 Å². The van der Waals surface area contributed by atoms with E-state index in [-0.39, 0.29) is 5.91 Å². The summed E-state index contributed by atoms with van der Waals surface area (Å²) in [7, 11) is 0. The van der Waals surface area contributed by atoms with Crippen molar-refractivity contribution in [2.45, 2.75) is 24.7 Å². The molecule has 0 unspecified atom stereocenters. The minimum atomic E-state index is -0.525. The molecule has 0 radical (unpaired) electrons. The van der Waals surface area contributed by atoms with Gasteiger partial charge in [-0.1, -0.05) is 35.7 Å². The van der Waals surface area contributed by atoms with Crippen molar-refractivity contribution in [3.05, 3.63) is 52.5 Å².